The smallest absolute Gasteiger partial charge is 0.325 e. The Morgan fingerprint density at radius 2 is 2.09 bits per heavy atom. The molecule has 1 N–H and O–H groups in total. The summed E-state index contributed by atoms with van der Waals surface area (Å²) in [5.74, 6) is 0.509. The van der Waals surface area contributed by atoms with E-state index in [1.54, 1.807) is 19.2 Å². The lowest BCUT2D eigenvalue weighted by atomic mass is 9.68. The fourth-order valence-corrected chi connectivity index (χ4v) is 4.97. The van der Waals surface area contributed by atoms with Gasteiger partial charge in [-0.2, -0.15) is 0 Å². The highest BCUT2D eigenvalue weighted by atomic mass is 16.6. The van der Waals surface area contributed by atoms with Gasteiger partial charge in [0.25, 0.3) is 0 Å². The molecule has 3 heterocycles. The first-order valence-electron chi connectivity index (χ1n) is 11.1. The second kappa shape index (κ2) is 8.96. The van der Waals surface area contributed by atoms with Crippen molar-refractivity contribution in [2.24, 2.45) is 5.92 Å². The molecule has 9 nitrogen and oxygen atoms in total. The second-order valence-corrected chi connectivity index (χ2v) is 9.22. The Hall–Kier alpha value is -2.23. The maximum Gasteiger partial charge on any atom is 0.325 e. The number of carbonyl (C=O) groups excluding carboxylic acids is 1. The van der Waals surface area contributed by atoms with Gasteiger partial charge in [0.15, 0.2) is 0 Å². The van der Waals surface area contributed by atoms with E-state index in [1.807, 2.05) is 0 Å². The summed E-state index contributed by atoms with van der Waals surface area (Å²) >= 11 is 0. The summed E-state index contributed by atoms with van der Waals surface area (Å²) in [5.41, 5.74) is 0.674. The molecule has 1 spiro atoms. The summed E-state index contributed by atoms with van der Waals surface area (Å²) in [6.45, 7) is 6.99. The van der Waals surface area contributed by atoms with Crippen LogP contribution in [0.4, 0.5) is 5.82 Å². The maximum absolute atomic E-state index is 12.6. The molecule has 1 aromatic rings. The Kier molecular flexibility index (Phi) is 6.42. The lowest BCUT2D eigenvalue weighted by molar-refractivity contribution is -0.170. The predicted molar refractivity (Wildman–Crippen MR) is 116 cm³/mol. The van der Waals surface area contributed by atoms with Crippen molar-refractivity contribution in [1.29, 1.82) is 0 Å². The van der Waals surface area contributed by atoms with Crippen molar-refractivity contribution in [2.45, 2.75) is 69.5 Å². The minimum atomic E-state index is -0.371. The van der Waals surface area contributed by atoms with Crippen molar-refractivity contribution in [3.8, 4) is 5.88 Å². The minimum absolute atomic E-state index is 0.00234. The van der Waals surface area contributed by atoms with Crippen molar-refractivity contribution in [1.82, 2.24) is 10.2 Å². The van der Waals surface area contributed by atoms with E-state index in [4.69, 9.17) is 23.7 Å². The predicted octanol–water partition coefficient (Wildman–Crippen LogP) is 2.52. The van der Waals surface area contributed by atoms with Gasteiger partial charge in [0.2, 0.25) is 5.88 Å². The quantitative estimate of drug-likeness (QED) is 0.347. The van der Waals surface area contributed by atoms with Crippen LogP contribution in [0.25, 0.3) is 0 Å². The fourth-order valence-electron chi connectivity index (χ4n) is 4.97. The van der Waals surface area contributed by atoms with Gasteiger partial charge in [-0.25, -0.2) is 0 Å². The SMILES string of the molecule is COc1ccc(NCC(=O)O[C@@H]2CC[C@]3(CO3)[C@@H]([C@]3(C)O[C@@H]3CC=C(C)C)[C@@H]2OC)nn1. The van der Waals surface area contributed by atoms with E-state index in [9.17, 15) is 4.79 Å². The zero-order valence-corrected chi connectivity index (χ0v) is 19.4. The molecule has 6 atom stereocenters. The summed E-state index contributed by atoms with van der Waals surface area (Å²) in [6.07, 6.45) is 4.04. The highest BCUT2D eigenvalue weighted by Gasteiger charge is 2.72. The molecule has 4 rings (SSSR count). The number of aromatic nitrogens is 2. The first-order valence-corrected chi connectivity index (χ1v) is 11.1. The lowest BCUT2D eigenvalue weighted by Crippen LogP contribution is -2.55. The minimum Gasteiger partial charge on any atom is -0.480 e. The van der Waals surface area contributed by atoms with Crippen LogP contribution in [-0.2, 0) is 23.7 Å². The molecule has 1 aromatic heterocycles. The number of esters is 1. The van der Waals surface area contributed by atoms with Crippen molar-refractivity contribution in [2.75, 3.05) is 32.7 Å². The van der Waals surface area contributed by atoms with Gasteiger partial charge in [0.05, 0.1) is 25.7 Å². The van der Waals surface area contributed by atoms with Gasteiger partial charge in [-0.1, -0.05) is 11.6 Å². The number of rotatable bonds is 9. The number of nitrogens with zero attached hydrogens (tertiary/aromatic N) is 2. The molecule has 0 amide bonds. The number of nitrogens with one attached hydrogen (secondary N) is 1. The highest BCUT2D eigenvalue weighted by Crippen LogP contribution is 2.59. The van der Waals surface area contributed by atoms with E-state index in [2.05, 4.69) is 42.4 Å². The number of ether oxygens (including phenoxy) is 5. The highest BCUT2D eigenvalue weighted by molar-refractivity contribution is 5.74. The third-order valence-electron chi connectivity index (χ3n) is 6.78. The van der Waals surface area contributed by atoms with Crippen LogP contribution in [0.15, 0.2) is 23.8 Å². The van der Waals surface area contributed by atoms with Crippen LogP contribution in [0.2, 0.25) is 0 Å². The monoisotopic (exact) mass is 447 g/mol. The summed E-state index contributed by atoms with van der Waals surface area (Å²) in [6, 6.07) is 3.37. The summed E-state index contributed by atoms with van der Waals surface area (Å²) < 4.78 is 28.9. The van der Waals surface area contributed by atoms with Crippen LogP contribution < -0.4 is 10.1 Å². The zero-order chi connectivity index (χ0) is 22.9. The second-order valence-electron chi connectivity index (χ2n) is 9.22. The third kappa shape index (κ3) is 4.60. The Labute approximate surface area is 188 Å². The number of epoxide rings is 2. The molecule has 0 radical (unpaired) electrons. The molecular formula is C23H33N3O6. The molecule has 0 unspecified atom stereocenters. The largest absolute Gasteiger partial charge is 0.480 e. The van der Waals surface area contributed by atoms with Gasteiger partial charge in [0.1, 0.15) is 35.8 Å². The van der Waals surface area contributed by atoms with Crippen molar-refractivity contribution < 1.29 is 28.5 Å². The summed E-state index contributed by atoms with van der Waals surface area (Å²) in [5, 5.41) is 10.8. The van der Waals surface area contributed by atoms with Gasteiger partial charge in [0, 0.05) is 13.2 Å². The topological polar surface area (TPSA) is 108 Å². The number of anilines is 1. The third-order valence-corrected chi connectivity index (χ3v) is 6.78. The van der Waals surface area contributed by atoms with Crippen LogP contribution in [-0.4, -0.2) is 73.1 Å². The molecule has 32 heavy (non-hydrogen) atoms. The van der Waals surface area contributed by atoms with Crippen LogP contribution in [0.3, 0.4) is 0 Å². The molecule has 3 aliphatic rings. The van der Waals surface area contributed by atoms with Crippen LogP contribution in [0, 0.1) is 5.92 Å². The molecule has 0 aromatic carbocycles. The Morgan fingerprint density at radius 1 is 1.31 bits per heavy atom. The van der Waals surface area contributed by atoms with Gasteiger partial charge in [-0.3, -0.25) is 4.79 Å². The van der Waals surface area contributed by atoms with E-state index >= 15 is 0 Å². The molecule has 0 bridgehead atoms. The molecule has 3 fully saturated rings. The van der Waals surface area contributed by atoms with Gasteiger partial charge < -0.3 is 29.0 Å². The molecular weight excluding hydrogens is 414 g/mol. The normalized spacial score (nSPS) is 35.2. The van der Waals surface area contributed by atoms with E-state index in [1.165, 1.54) is 12.7 Å². The summed E-state index contributed by atoms with van der Waals surface area (Å²) in [7, 11) is 3.19. The van der Waals surface area contributed by atoms with Crippen LogP contribution in [0.5, 0.6) is 5.88 Å². The van der Waals surface area contributed by atoms with Crippen LogP contribution >= 0.6 is 0 Å². The molecule has 2 aliphatic heterocycles. The first-order chi connectivity index (χ1) is 15.3. The molecule has 2 saturated heterocycles. The Bertz CT molecular complexity index is 852. The van der Waals surface area contributed by atoms with Gasteiger partial charge in [-0.15, -0.1) is 10.2 Å². The van der Waals surface area contributed by atoms with Crippen molar-refractivity contribution in [3.63, 3.8) is 0 Å². The van der Waals surface area contributed by atoms with E-state index in [0.29, 0.717) is 24.7 Å². The van der Waals surface area contributed by atoms with Gasteiger partial charge in [-0.05, 0) is 46.1 Å². The van der Waals surface area contributed by atoms with Crippen molar-refractivity contribution >= 4 is 11.8 Å². The molecule has 9 heteroatoms. The van der Waals surface area contributed by atoms with Gasteiger partial charge >= 0.3 is 5.97 Å². The average Bonchev–Trinajstić information content (AvgIpc) is 3.69. The molecule has 176 valence electrons. The number of hydrogen-bond donors (Lipinski definition) is 1. The standard InChI is InChI=1S/C23H33N3O6/c1-14(2)6-7-16-22(3,32-16)21-20(29-5)15(10-11-23(21)13-30-23)31-19(27)12-24-17-8-9-18(28-4)26-25-17/h6,8-9,15-16,20-21H,7,10-13H2,1-5H3,(H,24,25)/t15-,16-,20-,21-,22-,23+/m1/s1. The average molecular weight is 448 g/mol. The maximum atomic E-state index is 12.6. The number of methoxy groups -OCH3 is 2. The zero-order valence-electron chi connectivity index (χ0n) is 19.4. The Balaban J connectivity index is 1.39. The number of allylic oxidation sites excluding steroid dienone is 1. The lowest BCUT2D eigenvalue weighted by Gasteiger charge is -2.42. The van der Waals surface area contributed by atoms with E-state index in [0.717, 1.165) is 12.8 Å². The summed E-state index contributed by atoms with van der Waals surface area (Å²) in [4.78, 5) is 12.6. The Morgan fingerprint density at radius 3 is 2.69 bits per heavy atom. The molecule has 1 saturated carbocycles. The van der Waals surface area contributed by atoms with Crippen LogP contribution in [0.1, 0.15) is 40.0 Å². The first kappa shape index (κ1) is 22.9. The van der Waals surface area contributed by atoms with E-state index in [-0.39, 0.29) is 47.9 Å². The van der Waals surface area contributed by atoms with Crippen molar-refractivity contribution in [3.05, 3.63) is 23.8 Å². The number of carbonyl (C=O) groups is 1. The number of hydrogen-bond acceptors (Lipinski definition) is 9. The van der Waals surface area contributed by atoms with E-state index < -0.39 is 0 Å². The fraction of sp³-hybridized carbons (Fsp3) is 0.696. The molecule has 1 aliphatic carbocycles.